The van der Waals surface area contributed by atoms with Crippen LogP contribution in [0, 0.1) is 0 Å². The average molecular weight is 377 g/mol. The fourth-order valence-corrected chi connectivity index (χ4v) is 4.98. The third-order valence-corrected chi connectivity index (χ3v) is 6.53. The number of sulfone groups is 1. The molecule has 0 aliphatic carbocycles. The lowest BCUT2D eigenvalue weighted by Gasteiger charge is -2.35. The van der Waals surface area contributed by atoms with E-state index in [9.17, 15) is 8.42 Å². The Balaban J connectivity index is 1.79. The van der Waals surface area contributed by atoms with Gasteiger partial charge in [0.15, 0.2) is 9.84 Å². The molecular weight excluding hydrogens is 358 g/mol. The summed E-state index contributed by atoms with van der Waals surface area (Å²) in [4.78, 5) is 4.90. The van der Waals surface area contributed by atoms with Crippen LogP contribution in [0.25, 0.3) is 0 Å². The molecule has 4 rings (SSSR count). The predicted molar refractivity (Wildman–Crippen MR) is 106 cm³/mol. The first kappa shape index (κ1) is 17.5. The molecule has 136 valence electrons. The first-order chi connectivity index (χ1) is 13.0. The Morgan fingerprint density at radius 1 is 0.852 bits per heavy atom. The maximum absolute atomic E-state index is 13.0. The topological polar surface area (TPSA) is 55.7 Å². The average Bonchev–Trinajstić information content (AvgIpc) is 2.69. The van der Waals surface area contributed by atoms with Crippen LogP contribution in [0.2, 0.25) is 0 Å². The molecule has 1 heterocycles. The van der Waals surface area contributed by atoms with Gasteiger partial charge in [-0.05, 0) is 37.3 Å². The number of rotatable bonds is 4. The van der Waals surface area contributed by atoms with Crippen LogP contribution < -0.4 is 0 Å². The molecule has 27 heavy (non-hydrogen) atoms. The molecule has 1 unspecified atom stereocenters. The number of nitrogens with zero attached hydrogens (tertiary/aromatic N) is 1. The Morgan fingerprint density at radius 2 is 1.44 bits per heavy atom. The van der Waals surface area contributed by atoms with E-state index in [1.54, 1.807) is 30.3 Å². The molecule has 0 radical (unpaired) electrons. The first-order valence-electron chi connectivity index (χ1n) is 8.68. The summed E-state index contributed by atoms with van der Waals surface area (Å²) in [6.07, 6.45) is 0. The Kier molecular flexibility index (Phi) is 4.32. The van der Waals surface area contributed by atoms with Gasteiger partial charge in [-0.15, -0.1) is 0 Å². The zero-order chi connectivity index (χ0) is 18.9. The van der Waals surface area contributed by atoms with Gasteiger partial charge >= 0.3 is 0 Å². The van der Waals surface area contributed by atoms with E-state index < -0.39 is 15.4 Å². The highest BCUT2D eigenvalue weighted by molar-refractivity contribution is 7.91. The highest BCUT2D eigenvalue weighted by Gasteiger charge is 2.40. The van der Waals surface area contributed by atoms with Gasteiger partial charge in [0, 0.05) is 11.1 Å². The van der Waals surface area contributed by atoms with E-state index in [1.165, 1.54) is 0 Å². The first-order valence-corrected chi connectivity index (χ1v) is 10.3. The smallest absolute Gasteiger partial charge is 0.222 e. The van der Waals surface area contributed by atoms with E-state index in [-0.39, 0.29) is 10.6 Å². The van der Waals surface area contributed by atoms with Crippen molar-refractivity contribution in [2.45, 2.75) is 17.4 Å². The minimum Gasteiger partial charge on any atom is -0.465 e. The zero-order valence-electron chi connectivity index (χ0n) is 14.9. The predicted octanol–water partition coefficient (Wildman–Crippen LogP) is 4.48. The molecule has 0 saturated heterocycles. The molecule has 0 spiro atoms. The quantitative estimate of drug-likeness (QED) is 0.673. The maximum atomic E-state index is 13.0. The fourth-order valence-electron chi connectivity index (χ4n) is 3.30. The molecule has 0 saturated carbocycles. The van der Waals surface area contributed by atoms with E-state index in [0.29, 0.717) is 5.90 Å². The van der Waals surface area contributed by atoms with Crippen LogP contribution in [0.15, 0.2) is 94.8 Å². The SMILES string of the molecule is CC1(CS(=O)(=O)c2ccccc2)OC(c2ccccc2)=Nc2ccccc21. The van der Waals surface area contributed by atoms with Crippen molar-refractivity contribution >= 4 is 21.4 Å². The lowest BCUT2D eigenvalue weighted by molar-refractivity contribution is 0.0946. The molecule has 0 amide bonds. The molecular formula is C22H19NO3S. The second-order valence-electron chi connectivity index (χ2n) is 6.71. The second kappa shape index (κ2) is 6.67. The Morgan fingerprint density at radius 3 is 2.15 bits per heavy atom. The van der Waals surface area contributed by atoms with Crippen LogP contribution in [-0.4, -0.2) is 20.1 Å². The van der Waals surface area contributed by atoms with E-state index in [4.69, 9.17) is 4.74 Å². The molecule has 3 aromatic carbocycles. The number of hydrogen-bond acceptors (Lipinski definition) is 4. The van der Waals surface area contributed by atoms with Crippen LogP contribution >= 0.6 is 0 Å². The molecule has 5 heteroatoms. The molecule has 0 fully saturated rings. The minimum absolute atomic E-state index is 0.174. The van der Waals surface area contributed by atoms with Gasteiger partial charge in [0.05, 0.1) is 16.3 Å². The fraction of sp³-hybridized carbons (Fsp3) is 0.136. The van der Waals surface area contributed by atoms with Gasteiger partial charge in [-0.25, -0.2) is 13.4 Å². The third-order valence-electron chi connectivity index (χ3n) is 4.61. The van der Waals surface area contributed by atoms with Crippen LogP contribution in [0.3, 0.4) is 0 Å². The van der Waals surface area contributed by atoms with Crippen LogP contribution in [0.5, 0.6) is 0 Å². The summed E-state index contributed by atoms with van der Waals surface area (Å²) in [7, 11) is -3.55. The van der Waals surface area contributed by atoms with Crippen molar-refractivity contribution in [3.63, 3.8) is 0 Å². The number of ether oxygens (including phenoxy) is 1. The van der Waals surface area contributed by atoms with E-state index >= 15 is 0 Å². The summed E-state index contributed by atoms with van der Waals surface area (Å²) in [5.74, 6) is 0.257. The van der Waals surface area contributed by atoms with Crippen molar-refractivity contribution < 1.29 is 13.2 Å². The highest BCUT2D eigenvalue weighted by atomic mass is 32.2. The van der Waals surface area contributed by atoms with Crippen molar-refractivity contribution in [2.75, 3.05) is 5.75 Å². The summed E-state index contributed by atoms with van der Waals surface area (Å²) in [6.45, 7) is 1.81. The van der Waals surface area contributed by atoms with Crippen molar-refractivity contribution in [3.8, 4) is 0 Å². The van der Waals surface area contributed by atoms with Crippen molar-refractivity contribution in [1.82, 2.24) is 0 Å². The van der Waals surface area contributed by atoms with Crippen LogP contribution in [0.1, 0.15) is 18.1 Å². The Hall–Kier alpha value is -2.92. The summed E-state index contributed by atoms with van der Waals surface area (Å²) in [6, 6.07) is 25.5. The summed E-state index contributed by atoms with van der Waals surface area (Å²) < 4.78 is 32.3. The molecule has 4 nitrogen and oxygen atoms in total. The molecule has 1 aliphatic heterocycles. The van der Waals surface area contributed by atoms with Gasteiger partial charge in [0.2, 0.25) is 5.90 Å². The number of hydrogen-bond donors (Lipinski definition) is 0. The van der Waals surface area contributed by atoms with E-state index in [0.717, 1.165) is 16.8 Å². The third kappa shape index (κ3) is 3.38. The summed E-state index contributed by atoms with van der Waals surface area (Å²) >= 11 is 0. The van der Waals surface area contributed by atoms with Crippen molar-refractivity contribution in [2.24, 2.45) is 4.99 Å². The maximum Gasteiger partial charge on any atom is 0.222 e. The van der Waals surface area contributed by atoms with Gasteiger partial charge in [-0.2, -0.15) is 0 Å². The van der Waals surface area contributed by atoms with Crippen LogP contribution in [-0.2, 0) is 20.2 Å². The van der Waals surface area contributed by atoms with Crippen molar-refractivity contribution in [1.29, 1.82) is 0 Å². The van der Waals surface area contributed by atoms with E-state index in [2.05, 4.69) is 4.99 Å². The molecule has 0 bridgehead atoms. The Labute approximate surface area is 159 Å². The lowest BCUT2D eigenvalue weighted by Crippen LogP contribution is -2.39. The minimum atomic E-state index is -3.55. The standard InChI is InChI=1S/C22H19NO3S/c1-22(16-27(24,25)18-12-6-3-7-13-18)19-14-8-9-15-20(19)23-21(26-22)17-10-4-2-5-11-17/h2-15H,16H2,1H3. The normalized spacial score (nSPS) is 18.9. The summed E-state index contributed by atoms with van der Waals surface area (Å²) in [5.41, 5.74) is 1.27. The highest BCUT2D eigenvalue weighted by Crippen LogP contribution is 2.40. The second-order valence-corrected chi connectivity index (χ2v) is 8.69. The van der Waals surface area contributed by atoms with Gasteiger partial charge in [-0.3, -0.25) is 0 Å². The summed E-state index contributed by atoms with van der Waals surface area (Å²) in [5, 5.41) is 0. The van der Waals surface area contributed by atoms with Gasteiger partial charge in [0.1, 0.15) is 5.60 Å². The number of benzene rings is 3. The lowest BCUT2D eigenvalue weighted by atomic mass is 9.94. The molecule has 3 aromatic rings. The molecule has 0 N–H and O–H groups in total. The molecule has 1 atom stereocenters. The molecule has 1 aliphatic rings. The van der Waals surface area contributed by atoms with Gasteiger partial charge < -0.3 is 4.74 Å². The molecule has 0 aromatic heterocycles. The number of fused-ring (bicyclic) bond motifs is 1. The number of para-hydroxylation sites is 1. The van der Waals surface area contributed by atoms with Gasteiger partial charge in [-0.1, -0.05) is 54.6 Å². The van der Waals surface area contributed by atoms with Gasteiger partial charge in [0.25, 0.3) is 0 Å². The van der Waals surface area contributed by atoms with Crippen LogP contribution in [0.4, 0.5) is 5.69 Å². The van der Waals surface area contributed by atoms with E-state index in [1.807, 2.05) is 61.5 Å². The Bertz CT molecular complexity index is 1090. The largest absolute Gasteiger partial charge is 0.465 e. The zero-order valence-corrected chi connectivity index (χ0v) is 15.7. The monoisotopic (exact) mass is 377 g/mol. The number of aliphatic imine (C=N–C) groups is 1. The van der Waals surface area contributed by atoms with Crippen molar-refractivity contribution in [3.05, 3.63) is 96.1 Å².